The van der Waals surface area contributed by atoms with E-state index in [2.05, 4.69) is 28.2 Å². The van der Waals surface area contributed by atoms with Crippen LogP contribution in [0.3, 0.4) is 0 Å². The van der Waals surface area contributed by atoms with E-state index in [4.69, 9.17) is 5.26 Å². The molecule has 1 aromatic heterocycles. The van der Waals surface area contributed by atoms with Gasteiger partial charge < -0.3 is 10.2 Å². The molecule has 0 bridgehead atoms. The van der Waals surface area contributed by atoms with Crippen LogP contribution in [-0.2, 0) is 0 Å². The average Bonchev–Trinajstić information content (AvgIpc) is 2.89. The molecule has 1 aliphatic rings. The summed E-state index contributed by atoms with van der Waals surface area (Å²) < 4.78 is 0. The molecule has 1 unspecified atom stereocenters. The Hall–Kier alpha value is -1.60. The van der Waals surface area contributed by atoms with Gasteiger partial charge in [-0.15, -0.1) is 0 Å². The van der Waals surface area contributed by atoms with Crippen LogP contribution in [0.2, 0.25) is 0 Å². The third-order valence-corrected chi connectivity index (χ3v) is 3.21. The molecule has 0 saturated carbocycles. The lowest BCUT2D eigenvalue weighted by atomic mass is 10.2. The fraction of sp³-hybridized carbons (Fsp3) is 0.538. The van der Waals surface area contributed by atoms with Gasteiger partial charge in [-0.2, -0.15) is 5.26 Å². The SMILES string of the molecule is CCN(CC1CCCN1)c1ccnc(C#N)c1. The van der Waals surface area contributed by atoms with Crippen molar-refractivity contribution in [3.63, 3.8) is 0 Å². The van der Waals surface area contributed by atoms with Crippen LogP contribution in [0.5, 0.6) is 0 Å². The first-order valence-electron chi connectivity index (χ1n) is 6.18. The lowest BCUT2D eigenvalue weighted by Gasteiger charge is -2.26. The highest BCUT2D eigenvalue weighted by molar-refractivity contribution is 5.48. The summed E-state index contributed by atoms with van der Waals surface area (Å²) in [4.78, 5) is 6.30. The lowest BCUT2D eigenvalue weighted by molar-refractivity contribution is 0.586. The molecule has 4 nitrogen and oxygen atoms in total. The zero-order valence-electron chi connectivity index (χ0n) is 10.2. The molecule has 0 aromatic carbocycles. The zero-order chi connectivity index (χ0) is 12.1. The van der Waals surface area contributed by atoms with Crippen LogP contribution in [0.15, 0.2) is 18.3 Å². The molecule has 2 heterocycles. The molecule has 1 saturated heterocycles. The molecule has 0 radical (unpaired) electrons. The first-order chi connectivity index (χ1) is 8.33. The number of hydrogen-bond donors (Lipinski definition) is 1. The topological polar surface area (TPSA) is 52.0 Å². The van der Waals surface area contributed by atoms with Gasteiger partial charge >= 0.3 is 0 Å². The lowest BCUT2D eigenvalue weighted by Crippen LogP contribution is -2.37. The van der Waals surface area contributed by atoms with Crippen LogP contribution in [0, 0.1) is 11.3 Å². The van der Waals surface area contributed by atoms with E-state index in [0.717, 1.165) is 25.3 Å². The number of hydrogen-bond acceptors (Lipinski definition) is 4. The third-order valence-electron chi connectivity index (χ3n) is 3.21. The number of rotatable bonds is 4. The van der Waals surface area contributed by atoms with Crippen molar-refractivity contribution in [1.29, 1.82) is 5.26 Å². The number of nitriles is 1. The highest BCUT2D eigenvalue weighted by Gasteiger charge is 2.17. The largest absolute Gasteiger partial charge is 0.370 e. The molecule has 0 amide bonds. The van der Waals surface area contributed by atoms with E-state index in [0.29, 0.717) is 11.7 Å². The first kappa shape index (κ1) is 11.9. The Morgan fingerprint density at radius 2 is 2.53 bits per heavy atom. The van der Waals surface area contributed by atoms with Gasteiger partial charge in [0.2, 0.25) is 0 Å². The summed E-state index contributed by atoms with van der Waals surface area (Å²) in [5.74, 6) is 0. The normalized spacial score (nSPS) is 18.9. The van der Waals surface area contributed by atoms with Gasteiger partial charge in [0.25, 0.3) is 0 Å². The first-order valence-corrected chi connectivity index (χ1v) is 6.18. The Balaban J connectivity index is 2.08. The van der Waals surface area contributed by atoms with Gasteiger partial charge in [-0.25, -0.2) is 4.98 Å². The minimum atomic E-state index is 0.486. The minimum Gasteiger partial charge on any atom is -0.370 e. The molecule has 2 rings (SSSR count). The summed E-state index contributed by atoms with van der Waals surface area (Å²) in [6.45, 7) is 5.22. The molecule has 17 heavy (non-hydrogen) atoms. The van der Waals surface area contributed by atoms with Crippen molar-refractivity contribution < 1.29 is 0 Å². The molecule has 0 spiro atoms. The van der Waals surface area contributed by atoms with Gasteiger partial charge in [0.05, 0.1) is 0 Å². The van der Waals surface area contributed by atoms with Crippen molar-refractivity contribution in [2.75, 3.05) is 24.5 Å². The number of nitrogens with zero attached hydrogens (tertiary/aromatic N) is 3. The van der Waals surface area contributed by atoms with E-state index in [9.17, 15) is 0 Å². The minimum absolute atomic E-state index is 0.486. The monoisotopic (exact) mass is 230 g/mol. The maximum atomic E-state index is 8.86. The fourth-order valence-electron chi connectivity index (χ4n) is 2.27. The highest BCUT2D eigenvalue weighted by Crippen LogP contribution is 2.16. The molecule has 1 aliphatic heterocycles. The Bertz CT molecular complexity index is 404. The fourth-order valence-corrected chi connectivity index (χ4v) is 2.27. The van der Waals surface area contributed by atoms with E-state index in [1.807, 2.05) is 12.1 Å². The summed E-state index contributed by atoms with van der Waals surface area (Å²) in [5, 5.41) is 12.4. The second-order valence-corrected chi connectivity index (χ2v) is 4.34. The zero-order valence-corrected chi connectivity index (χ0v) is 10.2. The van der Waals surface area contributed by atoms with Gasteiger partial charge in [-0.05, 0) is 38.4 Å². The Kier molecular flexibility index (Phi) is 3.94. The van der Waals surface area contributed by atoms with E-state index < -0.39 is 0 Å². The quantitative estimate of drug-likeness (QED) is 0.852. The molecule has 1 N–H and O–H groups in total. The van der Waals surface area contributed by atoms with Gasteiger partial charge in [-0.3, -0.25) is 0 Å². The van der Waals surface area contributed by atoms with Gasteiger partial charge in [-0.1, -0.05) is 0 Å². The van der Waals surface area contributed by atoms with Crippen molar-refractivity contribution in [2.24, 2.45) is 0 Å². The molecule has 1 atom stereocenters. The molecular formula is C13H18N4. The van der Waals surface area contributed by atoms with Crippen molar-refractivity contribution in [3.05, 3.63) is 24.0 Å². The van der Waals surface area contributed by atoms with E-state index in [-0.39, 0.29) is 0 Å². The van der Waals surface area contributed by atoms with Gasteiger partial charge in [0, 0.05) is 31.0 Å². The van der Waals surface area contributed by atoms with Crippen LogP contribution in [0.1, 0.15) is 25.5 Å². The predicted octanol–water partition coefficient (Wildman–Crippen LogP) is 1.53. The highest BCUT2D eigenvalue weighted by atomic mass is 15.2. The molecule has 4 heteroatoms. The second-order valence-electron chi connectivity index (χ2n) is 4.34. The average molecular weight is 230 g/mol. The summed E-state index contributed by atoms with van der Waals surface area (Å²) in [6, 6.07) is 6.50. The second kappa shape index (κ2) is 5.65. The summed E-state index contributed by atoms with van der Waals surface area (Å²) >= 11 is 0. The number of likely N-dealkylation sites (N-methyl/N-ethyl adjacent to an activating group) is 1. The molecular weight excluding hydrogens is 212 g/mol. The van der Waals surface area contributed by atoms with E-state index in [1.54, 1.807) is 6.20 Å². The Labute approximate surface area is 102 Å². The standard InChI is InChI=1S/C13H18N4/c1-2-17(10-11-4-3-6-15-11)13-5-7-16-12(8-13)9-14/h5,7-8,11,15H,2-4,6,10H2,1H3. The Morgan fingerprint density at radius 3 is 3.18 bits per heavy atom. The molecule has 1 aromatic rings. The van der Waals surface area contributed by atoms with Crippen molar-refractivity contribution >= 4 is 5.69 Å². The number of pyridine rings is 1. The van der Waals surface area contributed by atoms with E-state index in [1.165, 1.54) is 12.8 Å². The van der Waals surface area contributed by atoms with Crippen LogP contribution < -0.4 is 10.2 Å². The number of nitrogens with one attached hydrogen (secondary N) is 1. The van der Waals surface area contributed by atoms with E-state index >= 15 is 0 Å². The van der Waals surface area contributed by atoms with Crippen molar-refractivity contribution in [1.82, 2.24) is 10.3 Å². The summed E-state index contributed by atoms with van der Waals surface area (Å²) in [5.41, 5.74) is 1.58. The summed E-state index contributed by atoms with van der Waals surface area (Å²) in [6.07, 6.45) is 4.22. The van der Waals surface area contributed by atoms with Crippen molar-refractivity contribution in [3.8, 4) is 6.07 Å². The molecule has 90 valence electrons. The number of aromatic nitrogens is 1. The van der Waals surface area contributed by atoms with Crippen LogP contribution in [0.25, 0.3) is 0 Å². The third kappa shape index (κ3) is 2.95. The maximum absolute atomic E-state index is 8.86. The maximum Gasteiger partial charge on any atom is 0.142 e. The van der Waals surface area contributed by atoms with Crippen LogP contribution in [0.4, 0.5) is 5.69 Å². The molecule has 0 aliphatic carbocycles. The van der Waals surface area contributed by atoms with Crippen molar-refractivity contribution in [2.45, 2.75) is 25.8 Å². The van der Waals surface area contributed by atoms with Crippen LogP contribution >= 0.6 is 0 Å². The van der Waals surface area contributed by atoms with Gasteiger partial charge in [0.15, 0.2) is 0 Å². The predicted molar refractivity (Wildman–Crippen MR) is 67.9 cm³/mol. The van der Waals surface area contributed by atoms with Crippen LogP contribution in [-0.4, -0.2) is 30.7 Å². The number of anilines is 1. The smallest absolute Gasteiger partial charge is 0.142 e. The Morgan fingerprint density at radius 1 is 1.65 bits per heavy atom. The van der Waals surface area contributed by atoms with Gasteiger partial charge in [0.1, 0.15) is 11.8 Å². The summed E-state index contributed by atoms with van der Waals surface area (Å²) in [7, 11) is 0. The molecule has 1 fully saturated rings.